The van der Waals surface area contributed by atoms with Crippen LogP contribution in [-0.2, 0) is 11.2 Å². The van der Waals surface area contributed by atoms with Crippen molar-refractivity contribution in [3.63, 3.8) is 0 Å². The number of halogens is 1. The second-order valence-corrected chi connectivity index (χ2v) is 8.14. The van der Waals surface area contributed by atoms with Crippen LogP contribution in [0.25, 0.3) is 0 Å². The van der Waals surface area contributed by atoms with Crippen LogP contribution in [0.2, 0.25) is 11.3 Å². The molecule has 1 aromatic carbocycles. The average Bonchev–Trinajstić information content (AvgIpc) is 2.66. The van der Waals surface area contributed by atoms with Gasteiger partial charge in [0.15, 0.2) is 0 Å². The van der Waals surface area contributed by atoms with Crippen LogP contribution < -0.4 is 5.73 Å². The van der Waals surface area contributed by atoms with E-state index in [0.717, 1.165) is 30.8 Å². The van der Waals surface area contributed by atoms with Crippen molar-refractivity contribution in [1.29, 1.82) is 0 Å². The first-order chi connectivity index (χ1) is 13.2. The topological polar surface area (TPSA) is 107 Å². The van der Waals surface area contributed by atoms with E-state index in [1.807, 2.05) is 24.3 Å². The largest absolute Gasteiger partial charge is 0.480 e. The van der Waals surface area contributed by atoms with Crippen molar-refractivity contribution in [2.75, 3.05) is 13.1 Å². The van der Waals surface area contributed by atoms with Crippen LogP contribution in [0.3, 0.4) is 0 Å². The van der Waals surface area contributed by atoms with Crippen LogP contribution in [0.15, 0.2) is 36.5 Å². The number of nitrogens with zero attached hydrogens (tertiary/aromatic N) is 1. The molecule has 1 aliphatic heterocycles. The lowest BCUT2D eigenvalue weighted by atomic mass is 9.74. The van der Waals surface area contributed by atoms with E-state index in [9.17, 15) is 9.90 Å². The van der Waals surface area contributed by atoms with Gasteiger partial charge < -0.3 is 25.8 Å². The molecule has 1 aromatic rings. The third-order valence-corrected chi connectivity index (χ3v) is 5.95. The van der Waals surface area contributed by atoms with Crippen LogP contribution in [0.5, 0.6) is 0 Å². The Hall–Kier alpha value is -1.54. The van der Waals surface area contributed by atoms with E-state index in [0.29, 0.717) is 37.1 Å². The van der Waals surface area contributed by atoms with E-state index >= 15 is 0 Å². The van der Waals surface area contributed by atoms with E-state index in [1.54, 1.807) is 0 Å². The fourth-order valence-electron chi connectivity index (χ4n) is 3.89. The van der Waals surface area contributed by atoms with Crippen molar-refractivity contribution in [2.24, 2.45) is 11.7 Å². The molecule has 0 spiro atoms. The summed E-state index contributed by atoms with van der Waals surface area (Å²) in [5.41, 5.74) is 7.19. The molecule has 1 aliphatic rings. The van der Waals surface area contributed by atoms with Crippen LogP contribution in [0, 0.1) is 5.92 Å². The number of hydrogen-bond acceptors (Lipinski definition) is 5. The van der Waals surface area contributed by atoms with Gasteiger partial charge in [0.05, 0.1) is 0 Å². The molecular weight excluding hydrogens is 378 g/mol. The lowest BCUT2D eigenvalue weighted by Gasteiger charge is -2.41. The van der Waals surface area contributed by atoms with Crippen LogP contribution in [0.4, 0.5) is 0 Å². The maximum absolute atomic E-state index is 11.9. The van der Waals surface area contributed by atoms with Gasteiger partial charge in [-0.1, -0.05) is 43.2 Å². The van der Waals surface area contributed by atoms with Gasteiger partial charge >= 0.3 is 13.1 Å². The molecule has 0 aromatic heterocycles. The molecule has 6 nitrogen and oxygen atoms in total. The number of allylic oxidation sites excluding steroid dienone is 1. The van der Waals surface area contributed by atoms with Gasteiger partial charge in [-0.3, -0.25) is 4.79 Å². The lowest BCUT2D eigenvalue weighted by molar-refractivity contribution is -0.146. The minimum absolute atomic E-state index is 0.108. The van der Waals surface area contributed by atoms with Gasteiger partial charge in [-0.15, -0.1) is 0 Å². The summed E-state index contributed by atoms with van der Waals surface area (Å²) >= 11 is 5.92. The quantitative estimate of drug-likeness (QED) is 0.350. The first-order valence-corrected chi connectivity index (χ1v) is 10.2. The summed E-state index contributed by atoms with van der Waals surface area (Å²) in [5, 5.41) is 28.3. The number of benzene rings is 1. The zero-order valence-corrected chi connectivity index (χ0v) is 16.9. The number of unbranched alkanes of at least 4 members (excludes halogenated alkanes) is 1. The SMILES string of the molecule is C=C(Cc1ccc(Cl)cc1)N1CCC(C(N)(CCCCB(O)O)C(=O)O)CC1. The molecule has 0 bridgehead atoms. The van der Waals surface area contributed by atoms with E-state index in [-0.39, 0.29) is 12.2 Å². The van der Waals surface area contributed by atoms with E-state index in [4.69, 9.17) is 27.4 Å². The summed E-state index contributed by atoms with van der Waals surface area (Å²) in [6.45, 7) is 5.66. The average molecular weight is 409 g/mol. The fraction of sp³-hybridized carbons (Fsp3) is 0.550. The summed E-state index contributed by atoms with van der Waals surface area (Å²) in [5.74, 6) is -1.08. The molecule has 1 atom stereocenters. The molecule has 0 aliphatic carbocycles. The predicted octanol–water partition coefficient (Wildman–Crippen LogP) is 2.53. The van der Waals surface area contributed by atoms with Gasteiger partial charge in [-0.25, -0.2) is 0 Å². The minimum Gasteiger partial charge on any atom is -0.480 e. The highest BCUT2D eigenvalue weighted by atomic mass is 35.5. The standard InChI is InChI=1S/C20H30BClN2O4/c1-15(14-16-4-6-18(22)7-5-16)24-12-8-17(9-13-24)20(23,19(25)26)10-2-3-11-21(27)28/h4-7,17,27-28H,1-3,8-14,23H2,(H,25,26). The number of carboxylic acids is 1. The lowest BCUT2D eigenvalue weighted by Crippen LogP contribution is -2.56. The second-order valence-electron chi connectivity index (χ2n) is 7.70. The Morgan fingerprint density at radius 2 is 1.86 bits per heavy atom. The van der Waals surface area contributed by atoms with Crippen molar-refractivity contribution in [1.82, 2.24) is 4.90 Å². The van der Waals surface area contributed by atoms with Crippen molar-refractivity contribution in [2.45, 2.75) is 50.4 Å². The van der Waals surface area contributed by atoms with Crippen molar-refractivity contribution >= 4 is 24.7 Å². The molecule has 154 valence electrons. The number of rotatable bonds is 10. The van der Waals surface area contributed by atoms with Crippen molar-refractivity contribution in [3.05, 3.63) is 47.1 Å². The van der Waals surface area contributed by atoms with Gasteiger partial charge in [-0.2, -0.15) is 0 Å². The van der Waals surface area contributed by atoms with Gasteiger partial charge in [-0.05, 0) is 49.2 Å². The highest BCUT2D eigenvalue weighted by Crippen LogP contribution is 2.32. The van der Waals surface area contributed by atoms with Crippen molar-refractivity contribution in [3.8, 4) is 0 Å². The molecule has 8 heteroatoms. The third-order valence-electron chi connectivity index (χ3n) is 5.69. The third kappa shape index (κ3) is 6.24. The molecule has 28 heavy (non-hydrogen) atoms. The zero-order valence-electron chi connectivity index (χ0n) is 16.2. The summed E-state index contributed by atoms with van der Waals surface area (Å²) in [6, 6.07) is 7.70. The number of aliphatic carboxylic acids is 1. The maximum atomic E-state index is 11.9. The summed E-state index contributed by atoms with van der Waals surface area (Å²) in [7, 11) is -1.35. The van der Waals surface area contributed by atoms with Gasteiger partial charge in [0, 0.05) is 30.2 Å². The molecule has 2 rings (SSSR count). The molecule has 0 saturated carbocycles. The number of likely N-dealkylation sites (tertiary alicyclic amines) is 1. The minimum atomic E-state index is -1.35. The number of nitrogens with two attached hydrogens (primary N) is 1. The monoisotopic (exact) mass is 408 g/mol. The van der Waals surface area contributed by atoms with Crippen LogP contribution in [-0.4, -0.2) is 51.8 Å². The highest BCUT2D eigenvalue weighted by molar-refractivity contribution is 6.40. The summed E-state index contributed by atoms with van der Waals surface area (Å²) in [4.78, 5) is 14.1. The maximum Gasteiger partial charge on any atom is 0.451 e. The first kappa shape index (κ1) is 22.8. The molecule has 0 amide bonds. The van der Waals surface area contributed by atoms with E-state index < -0.39 is 18.6 Å². The van der Waals surface area contributed by atoms with E-state index in [1.165, 1.54) is 0 Å². The molecule has 1 fully saturated rings. The number of carboxylic acid groups (broad SMARTS) is 1. The molecule has 5 N–H and O–H groups in total. The summed E-state index contributed by atoms with van der Waals surface area (Å²) < 4.78 is 0. The van der Waals surface area contributed by atoms with Gasteiger partial charge in [0.25, 0.3) is 0 Å². The Balaban J connectivity index is 1.87. The predicted molar refractivity (Wildman–Crippen MR) is 112 cm³/mol. The normalized spacial score (nSPS) is 17.2. The Bertz CT molecular complexity index is 663. The molecule has 0 radical (unpaired) electrons. The second kappa shape index (κ2) is 10.3. The first-order valence-electron chi connectivity index (χ1n) is 9.78. The summed E-state index contributed by atoms with van der Waals surface area (Å²) in [6.07, 6.45) is 3.81. The molecule has 1 saturated heterocycles. The van der Waals surface area contributed by atoms with Crippen LogP contribution in [0.1, 0.15) is 37.7 Å². The molecule has 1 heterocycles. The fourth-order valence-corrected chi connectivity index (χ4v) is 4.02. The number of piperidine rings is 1. The smallest absolute Gasteiger partial charge is 0.451 e. The molecular formula is C20H30BClN2O4. The highest BCUT2D eigenvalue weighted by Gasteiger charge is 2.43. The Morgan fingerprint density at radius 1 is 1.25 bits per heavy atom. The zero-order chi connectivity index (χ0) is 20.7. The Labute approximate surface area is 172 Å². The number of hydrogen-bond donors (Lipinski definition) is 4. The Morgan fingerprint density at radius 3 is 2.39 bits per heavy atom. The van der Waals surface area contributed by atoms with Gasteiger partial charge in [0.2, 0.25) is 0 Å². The molecule has 1 unspecified atom stereocenters. The Kier molecular flexibility index (Phi) is 8.37. The number of carbonyl (C=O) groups is 1. The van der Waals surface area contributed by atoms with E-state index in [2.05, 4.69) is 11.5 Å². The van der Waals surface area contributed by atoms with Crippen LogP contribution >= 0.6 is 11.6 Å². The van der Waals surface area contributed by atoms with Gasteiger partial charge in [0.1, 0.15) is 5.54 Å². The van der Waals surface area contributed by atoms with Crippen molar-refractivity contribution < 1.29 is 19.9 Å².